The van der Waals surface area contributed by atoms with Crippen LogP contribution in [0.25, 0.3) is 28.0 Å². The van der Waals surface area contributed by atoms with Gasteiger partial charge in [-0.2, -0.15) is 23.4 Å². The third kappa shape index (κ3) is 2.94. The van der Waals surface area contributed by atoms with E-state index in [0.29, 0.717) is 11.3 Å². The van der Waals surface area contributed by atoms with Crippen molar-refractivity contribution in [3.63, 3.8) is 0 Å². The second-order valence-corrected chi connectivity index (χ2v) is 6.13. The summed E-state index contributed by atoms with van der Waals surface area (Å²) in [6.07, 6.45) is -1.56. The van der Waals surface area contributed by atoms with Gasteiger partial charge < -0.3 is 0 Å². The molecule has 0 aliphatic rings. The fourth-order valence-electron chi connectivity index (χ4n) is 2.98. The molecule has 0 bridgehead atoms. The molecule has 3 aromatic heterocycles. The number of nitrogens with zero attached hydrogens (tertiary/aromatic N) is 5. The SMILES string of the molecule is Cc1nn(-c2ccc(F)cc2)c2nc(-c3cnn(C)c3)cc(C(F)(F)F)c12. The minimum absolute atomic E-state index is 0.0489. The van der Waals surface area contributed by atoms with Gasteiger partial charge in [0.2, 0.25) is 0 Å². The molecule has 9 heteroatoms. The average Bonchev–Trinajstić information content (AvgIpc) is 3.18. The van der Waals surface area contributed by atoms with E-state index in [1.165, 1.54) is 46.7 Å². The molecular weight excluding hydrogens is 362 g/mol. The maximum Gasteiger partial charge on any atom is 0.417 e. The number of benzene rings is 1. The summed E-state index contributed by atoms with van der Waals surface area (Å²) in [6, 6.07) is 6.31. The summed E-state index contributed by atoms with van der Waals surface area (Å²) in [5.74, 6) is -0.452. The largest absolute Gasteiger partial charge is 0.417 e. The lowest BCUT2D eigenvalue weighted by Gasteiger charge is -2.11. The van der Waals surface area contributed by atoms with Crippen LogP contribution in [0.3, 0.4) is 0 Å². The Kier molecular flexibility index (Phi) is 3.76. The van der Waals surface area contributed by atoms with Crippen LogP contribution in [0, 0.1) is 12.7 Å². The lowest BCUT2D eigenvalue weighted by Crippen LogP contribution is -2.08. The van der Waals surface area contributed by atoms with E-state index in [-0.39, 0.29) is 22.4 Å². The zero-order chi connectivity index (χ0) is 19.3. The van der Waals surface area contributed by atoms with E-state index in [4.69, 9.17) is 0 Å². The molecule has 0 atom stereocenters. The number of hydrogen-bond acceptors (Lipinski definition) is 3. The molecule has 0 unspecified atom stereocenters. The van der Waals surface area contributed by atoms with E-state index < -0.39 is 17.6 Å². The first kappa shape index (κ1) is 17.2. The van der Waals surface area contributed by atoms with Gasteiger partial charge in [-0.3, -0.25) is 4.68 Å². The highest BCUT2D eigenvalue weighted by molar-refractivity contribution is 5.86. The molecule has 0 aliphatic carbocycles. The fraction of sp³-hybridized carbons (Fsp3) is 0.167. The van der Waals surface area contributed by atoms with Gasteiger partial charge in [0.25, 0.3) is 0 Å². The maximum atomic E-state index is 13.7. The van der Waals surface area contributed by atoms with Gasteiger partial charge >= 0.3 is 6.18 Å². The molecule has 0 fully saturated rings. The van der Waals surface area contributed by atoms with Gasteiger partial charge in [0, 0.05) is 18.8 Å². The number of fused-ring (bicyclic) bond motifs is 1. The zero-order valence-electron chi connectivity index (χ0n) is 14.3. The molecular formula is C18H13F4N5. The molecule has 0 aliphatic heterocycles. The predicted octanol–water partition coefficient (Wildman–Crippen LogP) is 4.29. The number of hydrogen-bond donors (Lipinski definition) is 0. The molecule has 0 N–H and O–H groups in total. The highest BCUT2D eigenvalue weighted by atomic mass is 19.4. The first-order chi connectivity index (χ1) is 12.7. The highest BCUT2D eigenvalue weighted by Crippen LogP contribution is 2.38. The highest BCUT2D eigenvalue weighted by Gasteiger charge is 2.36. The molecule has 1 aromatic carbocycles. The van der Waals surface area contributed by atoms with Crippen molar-refractivity contribution in [2.45, 2.75) is 13.1 Å². The van der Waals surface area contributed by atoms with E-state index in [1.807, 2.05) is 0 Å². The number of aromatic nitrogens is 5. The number of alkyl halides is 3. The Bertz CT molecular complexity index is 1140. The summed E-state index contributed by atoms with van der Waals surface area (Å²) in [4.78, 5) is 4.41. The van der Waals surface area contributed by atoms with Crippen LogP contribution >= 0.6 is 0 Å². The van der Waals surface area contributed by atoms with Gasteiger partial charge in [0.05, 0.1) is 34.2 Å². The molecule has 138 valence electrons. The van der Waals surface area contributed by atoms with E-state index in [2.05, 4.69) is 15.2 Å². The molecule has 0 radical (unpaired) electrons. The Labute approximate surface area is 150 Å². The Hall–Kier alpha value is -3.23. The Morgan fingerprint density at radius 1 is 1.07 bits per heavy atom. The van der Waals surface area contributed by atoms with Gasteiger partial charge in [-0.05, 0) is 37.3 Å². The van der Waals surface area contributed by atoms with E-state index in [1.54, 1.807) is 13.2 Å². The first-order valence-electron chi connectivity index (χ1n) is 7.96. The van der Waals surface area contributed by atoms with Crippen LogP contribution in [0.5, 0.6) is 0 Å². The van der Waals surface area contributed by atoms with E-state index in [0.717, 1.165) is 6.07 Å². The number of aryl methyl sites for hydroxylation is 2. The zero-order valence-corrected chi connectivity index (χ0v) is 14.3. The number of rotatable bonds is 2. The van der Waals surface area contributed by atoms with Crippen LogP contribution in [0.2, 0.25) is 0 Å². The molecule has 4 rings (SSSR count). The summed E-state index contributed by atoms with van der Waals surface area (Å²) in [5, 5.41) is 8.12. The Balaban J connectivity index is 2.05. The van der Waals surface area contributed by atoms with Crippen molar-refractivity contribution in [2.75, 3.05) is 0 Å². The third-order valence-corrected chi connectivity index (χ3v) is 4.19. The number of halogens is 4. The fourth-order valence-corrected chi connectivity index (χ4v) is 2.98. The number of pyridine rings is 1. The summed E-state index contributed by atoms with van der Waals surface area (Å²) < 4.78 is 57.2. The van der Waals surface area contributed by atoms with Gasteiger partial charge in [0.1, 0.15) is 5.82 Å². The minimum Gasteiger partial charge on any atom is -0.275 e. The predicted molar refractivity (Wildman–Crippen MR) is 90.8 cm³/mol. The second-order valence-electron chi connectivity index (χ2n) is 6.13. The van der Waals surface area contributed by atoms with Gasteiger partial charge in [-0.15, -0.1) is 0 Å². The topological polar surface area (TPSA) is 48.5 Å². The van der Waals surface area contributed by atoms with Crippen molar-refractivity contribution >= 4 is 11.0 Å². The molecule has 4 aromatic rings. The third-order valence-electron chi connectivity index (χ3n) is 4.19. The van der Waals surface area contributed by atoms with Gasteiger partial charge in [-0.25, -0.2) is 14.1 Å². The molecule has 0 spiro atoms. The first-order valence-corrected chi connectivity index (χ1v) is 7.96. The summed E-state index contributed by atoms with van der Waals surface area (Å²) >= 11 is 0. The molecule has 5 nitrogen and oxygen atoms in total. The quantitative estimate of drug-likeness (QED) is 0.491. The molecule has 27 heavy (non-hydrogen) atoms. The van der Waals surface area contributed by atoms with Gasteiger partial charge in [0.15, 0.2) is 5.65 Å². The lowest BCUT2D eigenvalue weighted by atomic mass is 10.1. The van der Waals surface area contributed by atoms with E-state index in [9.17, 15) is 17.6 Å². The van der Waals surface area contributed by atoms with Crippen molar-refractivity contribution < 1.29 is 17.6 Å². The molecule has 0 saturated carbocycles. The molecule has 0 saturated heterocycles. The monoisotopic (exact) mass is 375 g/mol. The normalized spacial score (nSPS) is 12.1. The van der Waals surface area contributed by atoms with Crippen LogP contribution in [-0.2, 0) is 13.2 Å². The average molecular weight is 375 g/mol. The minimum atomic E-state index is -4.58. The van der Waals surface area contributed by atoms with Crippen LogP contribution in [0.4, 0.5) is 17.6 Å². The Morgan fingerprint density at radius 3 is 2.37 bits per heavy atom. The summed E-state index contributed by atoms with van der Waals surface area (Å²) in [6.45, 7) is 1.49. The Morgan fingerprint density at radius 2 is 1.78 bits per heavy atom. The van der Waals surface area contributed by atoms with Crippen molar-refractivity contribution in [3.8, 4) is 16.9 Å². The summed E-state index contributed by atoms with van der Waals surface area (Å²) in [7, 11) is 1.67. The van der Waals surface area contributed by atoms with Crippen molar-refractivity contribution in [2.24, 2.45) is 7.05 Å². The van der Waals surface area contributed by atoms with Crippen molar-refractivity contribution in [1.82, 2.24) is 24.5 Å². The van der Waals surface area contributed by atoms with Crippen molar-refractivity contribution in [3.05, 3.63) is 59.8 Å². The molecule has 0 amide bonds. The van der Waals surface area contributed by atoms with Crippen LogP contribution in [0.1, 0.15) is 11.3 Å². The second kappa shape index (κ2) is 5.90. The van der Waals surface area contributed by atoms with Crippen LogP contribution in [0.15, 0.2) is 42.7 Å². The maximum absolute atomic E-state index is 13.7. The van der Waals surface area contributed by atoms with Gasteiger partial charge in [-0.1, -0.05) is 0 Å². The van der Waals surface area contributed by atoms with Crippen molar-refractivity contribution in [1.29, 1.82) is 0 Å². The van der Waals surface area contributed by atoms with Crippen LogP contribution < -0.4 is 0 Å². The lowest BCUT2D eigenvalue weighted by molar-refractivity contribution is -0.136. The van der Waals surface area contributed by atoms with Crippen LogP contribution in [-0.4, -0.2) is 24.5 Å². The summed E-state index contributed by atoms with van der Waals surface area (Å²) in [5.41, 5.74) is 0.413. The molecule has 3 heterocycles. The smallest absolute Gasteiger partial charge is 0.275 e. The standard InChI is InChI=1S/C18H13F4N5/c1-10-16-14(18(20,21)22)7-15(11-8-23-26(2)9-11)24-17(16)27(25-10)13-5-3-12(19)4-6-13/h3-9H,1-2H3. The van der Waals surface area contributed by atoms with E-state index >= 15 is 0 Å².